The van der Waals surface area contributed by atoms with Gasteiger partial charge in [0, 0.05) is 5.56 Å². The number of benzene rings is 3. The van der Waals surface area contributed by atoms with Gasteiger partial charge < -0.3 is 5.11 Å². The van der Waals surface area contributed by atoms with E-state index in [2.05, 4.69) is 55.1 Å². The number of carbonyl (C=O) groups is 2. The lowest BCUT2D eigenvalue weighted by Gasteiger charge is -1.98. The van der Waals surface area contributed by atoms with E-state index in [1.165, 1.54) is 41.5 Å². The highest BCUT2D eigenvalue weighted by molar-refractivity contribution is 6.04. The van der Waals surface area contributed by atoms with Gasteiger partial charge in [-0.15, -0.1) is 0 Å². The van der Waals surface area contributed by atoms with Crippen LogP contribution in [-0.4, -0.2) is 16.9 Å². The van der Waals surface area contributed by atoms with E-state index in [0.717, 1.165) is 0 Å². The summed E-state index contributed by atoms with van der Waals surface area (Å²) in [5.74, 6) is -1.21. The number of ketones is 1. The molecule has 0 bridgehead atoms. The van der Waals surface area contributed by atoms with Gasteiger partial charge in [-0.2, -0.15) is 0 Å². The van der Waals surface area contributed by atoms with Crippen LogP contribution in [0.2, 0.25) is 0 Å². The van der Waals surface area contributed by atoms with Crippen LogP contribution in [-0.2, 0) is 0 Å². The molecule has 3 rings (SSSR count). The Bertz CT molecular complexity index is 798. The van der Waals surface area contributed by atoms with E-state index >= 15 is 0 Å². The minimum atomic E-state index is -1.00. The van der Waals surface area contributed by atoms with Crippen LogP contribution in [0.4, 0.5) is 0 Å². The number of carboxylic acid groups (broad SMARTS) is 1. The van der Waals surface area contributed by atoms with Gasteiger partial charge in [0.05, 0.1) is 5.56 Å². The van der Waals surface area contributed by atoms with E-state index in [1.807, 2.05) is 12.1 Å². The molecule has 0 aliphatic carbocycles. The SMILES string of the molecule is C=CC(=O)c1ccc(C(=O)O)cc1.c1ccc(-c2ccccc2)cc1. The quantitative estimate of drug-likeness (QED) is 0.534. The molecule has 0 fully saturated rings. The minimum absolute atomic E-state index is 0.167. The van der Waals surface area contributed by atoms with Crippen LogP contribution < -0.4 is 0 Å². The zero-order valence-electron chi connectivity index (χ0n) is 13.6. The number of carbonyl (C=O) groups excluding carboxylic acids is 1. The van der Waals surface area contributed by atoms with Gasteiger partial charge in [-0.05, 0) is 29.3 Å². The Morgan fingerprint density at radius 1 is 0.680 bits per heavy atom. The third-order valence-corrected chi connectivity index (χ3v) is 3.48. The van der Waals surface area contributed by atoms with Crippen molar-refractivity contribution in [3.05, 3.63) is 109 Å². The molecule has 0 unspecified atom stereocenters. The first-order valence-corrected chi connectivity index (χ1v) is 7.72. The van der Waals surface area contributed by atoms with Crippen molar-refractivity contribution < 1.29 is 14.7 Å². The van der Waals surface area contributed by atoms with Crippen molar-refractivity contribution in [2.24, 2.45) is 0 Å². The molecule has 0 spiro atoms. The van der Waals surface area contributed by atoms with Crippen molar-refractivity contribution in [2.75, 3.05) is 0 Å². The van der Waals surface area contributed by atoms with Crippen LogP contribution in [0.15, 0.2) is 97.6 Å². The summed E-state index contributed by atoms with van der Waals surface area (Å²) < 4.78 is 0. The molecule has 0 heterocycles. The second kappa shape index (κ2) is 8.99. The second-order valence-electron chi connectivity index (χ2n) is 5.18. The van der Waals surface area contributed by atoms with Crippen LogP contribution in [0, 0.1) is 0 Å². The van der Waals surface area contributed by atoms with Crippen LogP contribution in [0.5, 0.6) is 0 Å². The maximum Gasteiger partial charge on any atom is 0.335 e. The predicted molar refractivity (Wildman–Crippen MR) is 99.8 cm³/mol. The summed E-state index contributed by atoms with van der Waals surface area (Å²) >= 11 is 0. The Labute approximate surface area is 146 Å². The molecule has 0 atom stereocenters. The summed E-state index contributed by atoms with van der Waals surface area (Å²) in [6, 6.07) is 26.5. The third kappa shape index (κ3) is 5.29. The average molecular weight is 330 g/mol. The van der Waals surface area contributed by atoms with Gasteiger partial charge in [0.15, 0.2) is 5.78 Å². The molecule has 0 amide bonds. The van der Waals surface area contributed by atoms with Gasteiger partial charge in [0.2, 0.25) is 0 Å². The molecule has 124 valence electrons. The van der Waals surface area contributed by atoms with Gasteiger partial charge in [-0.25, -0.2) is 4.79 Å². The summed E-state index contributed by atoms with van der Waals surface area (Å²) in [6.07, 6.45) is 1.19. The number of allylic oxidation sites excluding steroid dienone is 1. The lowest BCUT2D eigenvalue weighted by atomic mass is 10.1. The number of hydrogen-bond donors (Lipinski definition) is 1. The molecule has 25 heavy (non-hydrogen) atoms. The largest absolute Gasteiger partial charge is 0.478 e. The van der Waals surface area contributed by atoms with Crippen LogP contribution in [0.1, 0.15) is 20.7 Å². The van der Waals surface area contributed by atoms with Gasteiger partial charge in [0.25, 0.3) is 0 Å². The Hall–Kier alpha value is -3.46. The Morgan fingerprint density at radius 3 is 1.44 bits per heavy atom. The number of rotatable bonds is 4. The Kier molecular flexibility index (Phi) is 6.43. The lowest BCUT2D eigenvalue weighted by molar-refractivity contribution is 0.0696. The van der Waals surface area contributed by atoms with Crippen LogP contribution in [0.25, 0.3) is 11.1 Å². The minimum Gasteiger partial charge on any atom is -0.478 e. The molecule has 0 saturated carbocycles. The first kappa shape index (κ1) is 17.9. The third-order valence-electron chi connectivity index (χ3n) is 3.48. The highest BCUT2D eigenvalue weighted by Gasteiger charge is 2.04. The fourth-order valence-corrected chi connectivity index (χ4v) is 2.16. The molecule has 0 radical (unpaired) electrons. The molecular formula is C22H18O3. The molecule has 0 saturated heterocycles. The highest BCUT2D eigenvalue weighted by atomic mass is 16.4. The molecule has 3 nitrogen and oxygen atoms in total. The van der Waals surface area contributed by atoms with Crippen LogP contribution >= 0.6 is 0 Å². The smallest absolute Gasteiger partial charge is 0.335 e. The zero-order valence-corrected chi connectivity index (χ0v) is 13.6. The maximum absolute atomic E-state index is 11.0. The lowest BCUT2D eigenvalue weighted by Crippen LogP contribution is -1.98. The van der Waals surface area contributed by atoms with Crippen molar-refractivity contribution in [1.29, 1.82) is 0 Å². The van der Waals surface area contributed by atoms with Crippen molar-refractivity contribution in [1.82, 2.24) is 0 Å². The molecular weight excluding hydrogens is 312 g/mol. The van der Waals surface area contributed by atoms with Gasteiger partial charge >= 0.3 is 5.97 Å². The van der Waals surface area contributed by atoms with Crippen LogP contribution in [0.3, 0.4) is 0 Å². The van der Waals surface area contributed by atoms with E-state index < -0.39 is 5.97 Å². The predicted octanol–water partition coefficient (Wildman–Crippen LogP) is 5.11. The number of carboxylic acids is 1. The van der Waals surface area contributed by atoms with Crippen molar-refractivity contribution >= 4 is 11.8 Å². The monoisotopic (exact) mass is 330 g/mol. The molecule has 3 heteroatoms. The fraction of sp³-hybridized carbons (Fsp3) is 0. The summed E-state index contributed by atoms with van der Waals surface area (Å²) in [7, 11) is 0. The summed E-state index contributed by atoms with van der Waals surface area (Å²) in [4.78, 5) is 21.5. The normalized spacial score (nSPS) is 9.44. The summed E-state index contributed by atoms with van der Waals surface area (Å²) in [5.41, 5.74) is 3.16. The standard InChI is InChI=1S/C12H10.C10H8O3/c1-3-7-11(8-4-1)12-9-5-2-6-10-12;1-2-9(11)7-3-5-8(6-4-7)10(12)13/h1-10H;2-6H,1H2,(H,12,13). The first-order chi connectivity index (χ1) is 12.1. The van der Waals surface area contributed by atoms with Gasteiger partial charge in [-0.1, -0.05) is 79.4 Å². The van der Waals surface area contributed by atoms with Crippen molar-refractivity contribution in [2.45, 2.75) is 0 Å². The first-order valence-electron chi connectivity index (χ1n) is 7.72. The summed E-state index contributed by atoms with van der Waals surface area (Å²) in [6.45, 7) is 3.33. The van der Waals surface area contributed by atoms with Gasteiger partial charge in [0.1, 0.15) is 0 Å². The number of hydrogen-bond acceptors (Lipinski definition) is 2. The number of aromatic carboxylic acids is 1. The molecule has 1 N–H and O–H groups in total. The molecule has 0 aliphatic rings. The molecule has 3 aromatic rings. The Balaban J connectivity index is 0.000000181. The molecule has 0 aliphatic heterocycles. The maximum atomic E-state index is 11.0. The average Bonchev–Trinajstić information content (AvgIpc) is 2.69. The second-order valence-corrected chi connectivity index (χ2v) is 5.18. The zero-order chi connectivity index (χ0) is 18.1. The van der Waals surface area contributed by atoms with E-state index in [9.17, 15) is 9.59 Å². The van der Waals surface area contributed by atoms with Gasteiger partial charge in [-0.3, -0.25) is 4.79 Å². The van der Waals surface area contributed by atoms with E-state index in [1.54, 1.807) is 0 Å². The molecule has 0 aromatic heterocycles. The fourth-order valence-electron chi connectivity index (χ4n) is 2.16. The Morgan fingerprint density at radius 2 is 1.08 bits per heavy atom. The topological polar surface area (TPSA) is 54.4 Å². The van der Waals surface area contributed by atoms with E-state index in [0.29, 0.717) is 5.56 Å². The van der Waals surface area contributed by atoms with E-state index in [4.69, 9.17) is 5.11 Å². The van der Waals surface area contributed by atoms with Crippen molar-refractivity contribution in [3.63, 3.8) is 0 Å². The van der Waals surface area contributed by atoms with Crippen molar-refractivity contribution in [3.8, 4) is 11.1 Å². The van der Waals surface area contributed by atoms with E-state index in [-0.39, 0.29) is 11.3 Å². The summed E-state index contributed by atoms with van der Waals surface area (Å²) in [5, 5.41) is 8.57. The molecule has 3 aromatic carbocycles. The highest BCUT2D eigenvalue weighted by Crippen LogP contribution is 2.17.